The molecule has 1 saturated heterocycles. The predicted molar refractivity (Wildman–Crippen MR) is 98.9 cm³/mol. The molecule has 1 unspecified atom stereocenters. The molecule has 1 aromatic heterocycles. The lowest BCUT2D eigenvalue weighted by Gasteiger charge is -2.27. The molecule has 146 valence electrons. The summed E-state index contributed by atoms with van der Waals surface area (Å²) in [5, 5.41) is 7.33. The highest BCUT2D eigenvalue weighted by Gasteiger charge is 2.29. The van der Waals surface area contributed by atoms with Gasteiger partial charge in [-0.25, -0.2) is 4.98 Å². The Morgan fingerprint density at radius 1 is 1.35 bits per heavy atom. The van der Waals surface area contributed by atoms with Gasteiger partial charge >= 0.3 is 0 Å². The van der Waals surface area contributed by atoms with Crippen molar-refractivity contribution in [1.82, 2.24) is 29.9 Å². The van der Waals surface area contributed by atoms with E-state index in [-0.39, 0.29) is 23.5 Å². The second kappa shape index (κ2) is 9.89. The van der Waals surface area contributed by atoms with Gasteiger partial charge in [-0.05, 0) is 21.0 Å². The summed E-state index contributed by atoms with van der Waals surface area (Å²) in [6.07, 6.45) is 0. The number of thioether (sulfide) groups is 1. The van der Waals surface area contributed by atoms with Crippen molar-refractivity contribution in [2.75, 3.05) is 66.3 Å². The predicted octanol–water partition coefficient (Wildman–Crippen LogP) is -0.300. The highest BCUT2D eigenvalue weighted by atomic mass is 32.2. The molecule has 1 N–H and O–H groups in total. The fourth-order valence-electron chi connectivity index (χ4n) is 2.56. The number of rotatable bonds is 7. The van der Waals surface area contributed by atoms with Crippen LogP contribution in [0.3, 0.4) is 0 Å². The summed E-state index contributed by atoms with van der Waals surface area (Å²) < 4.78 is 5.56. The Morgan fingerprint density at radius 2 is 2.12 bits per heavy atom. The van der Waals surface area contributed by atoms with E-state index in [0.29, 0.717) is 38.0 Å². The first-order valence-electron chi connectivity index (χ1n) is 8.64. The van der Waals surface area contributed by atoms with E-state index in [9.17, 15) is 9.59 Å². The van der Waals surface area contributed by atoms with Gasteiger partial charge in [0, 0.05) is 33.2 Å². The molecule has 2 heterocycles. The summed E-state index contributed by atoms with van der Waals surface area (Å²) in [5.74, 6) is 0.619. The quantitative estimate of drug-likeness (QED) is 0.645. The minimum atomic E-state index is -0.329. The lowest BCUT2D eigenvalue weighted by atomic mass is 10.1. The number of aromatic nitrogens is 3. The standard InChI is InChI=1S/C16H28N6O3S/c1-12-17-16(19-18-12)26-11-14(23)22-7-8-25-10-13(9-22)15(24)21(4)6-5-20(2)3/h13H,5-11H2,1-4H3,(H,17,18,19). The average molecular weight is 385 g/mol. The molecule has 1 aromatic rings. The third kappa shape index (κ3) is 6.26. The molecule has 1 aliphatic rings. The summed E-state index contributed by atoms with van der Waals surface area (Å²) in [6.45, 7) is 4.94. The first-order chi connectivity index (χ1) is 12.4. The maximum absolute atomic E-state index is 12.7. The molecule has 1 atom stereocenters. The minimum absolute atomic E-state index is 0.0174. The van der Waals surface area contributed by atoms with E-state index < -0.39 is 0 Å². The van der Waals surface area contributed by atoms with Crippen LogP contribution in [0.15, 0.2) is 5.16 Å². The number of likely N-dealkylation sites (N-methyl/N-ethyl adjacent to an activating group) is 2. The maximum atomic E-state index is 12.7. The van der Waals surface area contributed by atoms with Gasteiger partial charge in [-0.15, -0.1) is 5.10 Å². The number of carbonyl (C=O) groups is 2. The van der Waals surface area contributed by atoms with E-state index in [1.165, 1.54) is 11.8 Å². The maximum Gasteiger partial charge on any atom is 0.233 e. The summed E-state index contributed by atoms with van der Waals surface area (Å²) >= 11 is 1.29. The van der Waals surface area contributed by atoms with Crippen LogP contribution in [-0.4, -0.2) is 108 Å². The number of ether oxygens (including phenoxy) is 1. The van der Waals surface area contributed by atoms with Gasteiger partial charge in [0.25, 0.3) is 0 Å². The van der Waals surface area contributed by atoms with Crippen LogP contribution in [0, 0.1) is 12.8 Å². The molecular formula is C16H28N6O3S. The molecule has 1 fully saturated rings. The molecule has 0 aromatic carbocycles. The molecule has 0 radical (unpaired) electrons. The topological polar surface area (TPSA) is 94.7 Å². The van der Waals surface area contributed by atoms with Crippen LogP contribution < -0.4 is 0 Å². The highest BCUT2D eigenvalue weighted by Crippen LogP contribution is 2.15. The van der Waals surface area contributed by atoms with Gasteiger partial charge in [0.15, 0.2) is 0 Å². The number of aryl methyl sites for hydroxylation is 1. The van der Waals surface area contributed by atoms with Crippen molar-refractivity contribution in [2.24, 2.45) is 5.92 Å². The Morgan fingerprint density at radius 3 is 2.77 bits per heavy atom. The fraction of sp³-hybridized carbons (Fsp3) is 0.750. The molecular weight excluding hydrogens is 356 g/mol. The van der Waals surface area contributed by atoms with Gasteiger partial charge < -0.3 is 19.4 Å². The Labute approximate surface area is 158 Å². The zero-order valence-electron chi connectivity index (χ0n) is 15.9. The first-order valence-corrected chi connectivity index (χ1v) is 9.62. The minimum Gasteiger partial charge on any atom is -0.379 e. The molecule has 0 saturated carbocycles. The lowest BCUT2D eigenvalue weighted by Crippen LogP contribution is -2.44. The highest BCUT2D eigenvalue weighted by molar-refractivity contribution is 7.99. The van der Waals surface area contributed by atoms with E-state index in [2.05, 4.69) is 15.2 Å². The molecule has 10 heteroatoms. The first kappa shape index (κ1) is 20.7. The molecule has 0 spiro atoms. The van der Waals surface area contributed by atoms with Crippen molar-refractivity contribution < 1.29 is 14.3 Å². The average Bonchev–Trinajstić information content (AvgIpc) is 2.87. The Kier molecular flexibility index (Phi) is 7.85. The molecule has 26 heavy (non-hydrogen) atoms. The van der Waals surface area contributed by atoms with Crippen LogP contribution in [0.5, 0.6) is 0 Å². The SMILES string of the molecule is Cc1nc(SCC(=O)N2CCOCC(C(=O)N(C)CCN(C)C)C2)n[nH]1. The van der Waals surface area contributed by atoms with Crippen molar-refractivity contribution in [2.45, 2.75) is 12.1 Å². The van der Waals surface area contributed by atoms with E-state index in [1.807, 2.05) is 25.9 Å². The smallest absolute Gasteiger partial charge is 0.233 e. The van der Waals surface area contributed by atoms with E-state index in [1.54, 1.807) is 16.8 Å². The summed E-state index contributed by atoms with van der Waals surface area (Å²) in [4.78, 5) is 34.9. The molecule has 1 aliphatic heterocycles. The Balaban J connectivity index is 1.88. The third-order valence-corrected chi connectivity index (χ3v) is 4.96. The molecule has 9 nitrogen and oxygen atoms in total. The van der Waals surface area contributed by atoms with Gasteiger partial charge in [-0.2, -0.15) is 0 Å². The van der Waals surface area contributed by atoms with Crippen LogP contribution in [0.2, 0.25) is 0 Å². The summed E-state index contributed by atoms with van der Waals surface area (Å²) in [7, 11) is 5.74. The largest absolute Gasteiger partial charge is 0.379 e. The van der Waals surface area contributed by atoms with Crippen LogP contribution in [0.1, 0.15) is 5.82 Å². The van der Waals surface area contributed by atoms with Gasteiger partial charge in [-0.1, -0.05) is 11.8 Å². The number of aromatic amines is 1. The number of hydrogen-bond acceptors (Lipinski definition) is 7. The molecule has 0 aliphatic carbocycles. The van der Waals surface area contributed by atoms with Crippen LogP contribution in [-0.2, 0) is 14.3 Å². The zero-order chi connectivity index (χ0) is 19.1. The number of nitrogens with one attached hydrogen (secondary N) is 1. The van der Waals surface area contributed by atoms with E-state index in [4.69, 9.17) is 4.74 Å². The number of hydrogen-bond donors (Lipinski definition) is 1. The van der Waals surface area contributed by atoms with Crippen molar-refractivity contribution in [3.8, 4) is 0 Å². The van der Waals surface area contributed by atoms with Gasteiger partial charge in [-0.3, -0.25) is 14.7 Å². The second-order valence-corrected chi connectivity index (χ2v) is 7.61. The van der Waals surface area contributed by atoms with Crippen molar-refractivity contribution in [1.29, 1.82) is 0 Å². The summed E-state index contributed by atoms with van der Waals surface area (Å²) in [5.41, 5.74) is 0. The fourth-order valence-corrected chi connectivity index (χ4v) is 3.31. The molecule has 0 bridgehead atoms. The van der Waals surface area contributed by atoms with Crippen LogP contribution in [0.25, 0.3) is 0 Å². The summed E-state index contributed by atoms with van der Waals surface area (Å²) in [6, 6.07) is 0. The lowest BCUT2D eigenvalue weighted by molar-refractivity contribution is -0.137. The number of carbonyl (C=O) groups excluding carboxylic acids is 2. The Hall–Kier alpha value is -1.65. The van der Waals surface area contributed by atoms with Crippen molar-refractivity contribution in [3.63, 3.8) is 0 Å². The molecule has 2 amide bonds. The molecule has 2 rings (SSSR count). The monoisotopic (exact) mass is 384 g/mol. The number of nitrogens with zero attached hydrogens (tertiary/aromatic N) is 5. The van der Waals surface area contributed by atoms with E-state index in [0.717, 1.165) is 12.4 Å². The van der Waals surface area contributed by atoms with Gasteiger partial charge in [0.1, 0.15) is 5.82 Å². The normalized spacial score (nSPS) is 18.0. The zero-order valence-corrected chi connectivity index (χ0v) is 16.7. The van der Waals surface area contributed by atoms with Crippen molar-refractivity contribution in [3.05, 3.63) is 5.82 Å². The van der Waals surface area contributed by atoms with Gasteiger partial charge in [0.05, 0.1) is 24.9 Å². The Bertz CT molecular complexity index is 609. The van der Waals surface area contributed by atoms with Crippen LogP contribution >= 0.6 is 11.8 Å². The number of H-pyrrole nitrogens is 1. The van der Waals surface area contributed by atoms with Crippen LogP contribution in [0.4, 0.5) is 0 Å². The van der Waals surface area contributed by atoms with E-state index >= 15 is 0 Å². The van der Waals surface area contributed by atoms with Gasteiger partial charge in [0.2, 0.25) is 17.0 Å². The third-order valence-electron chi connectivity index (χ3n) is 4.13. The van der Waals surface area contributed by atoms with Crippen molar-refractivity contribution >= 4 is 23.6 Å². The number of amides is 2. The second-order valence-electron chi connectivity index (χ2n) is 6.67.